The Morgan fingerprint density at radius 2 is 1.73 bits per heavy atom. The van der Waals surface area contributed by atoms with Gasteiger partial charge in [-0.2, -0.15) is 0 Å². The van der Waals surface area contributed by atoms with Gasteiger partial charge in [-0.15, -0.1) is 0 Å². The number of likely N-dealkylation sites (tertiary alicyclic amines) is 2. The van der Waals surface area contributed by atoms with E-state index in [0.29, 0.717) is 25.9 Å². The zero-order valence-electron chi connectivity index (χ0n) is 12.7. The van der Waals surface area contributed by atoms with Crippen molar-refractivity contribution < 1.29 is 14.4 Å². The lowest BCUT2D eigenvalue weighted by molar-refractivity contribution is -0.152. The number of hydrogen-bond donors (Lipinski definition) is 0. The molecular weight excluding hydrogens is 280 g/mol. The maximum absolute atomic E-state index is 12.6. The molecule has 0 bridgehead atoms. The Hall–Kier alpha value is -2.17. The Morgan fingerprint density at radius 1 is 1.14 bits per heavy atom. The van der Waals surface area contributed by atoms with E-state index in [9.17, 15) is 14.4 Å². The number of rotatable bonds is 4. The molecule has 3 rings (SSSR count). The molecule has 0 radical (unpaired) electrons. The van der Waals surface area contributed by atoms with Gasteiger partial charge in [-0.05, 0) is 12.0 Å². The van der Waals surface area contributed by atoms with Gasteiger partial charge in [0.1, 0.15) is 0 Å². The van der Waals surface area contributed by atoms with Crippen molar-refractivity contribution in [3.63, 3.8) is 0 Å². The van der Waals surface area contributed by atoms with Crippen LogP contribution >= 0.6 is 0 Å². The smallest absolute Gasteiger partial charge is 0.230 e. The number of hydrogen-bond acceptors (Lipinski definition) is 3. The van der Waals surface area contributed by atoms with E-state index in [1.54, 1.807) is 4.90 Å². The minimum atomic E-state index is -0.146. The second-order valence-electron chi connectivity index (χ2n) is 5.93. The number of amides is 3. The van der Waals surface area contributed by atoms with E-state index >= 15 is 0 Å². The molecule has 22 heavy (non-hydrogen) atoms. The van der Waals surface area contributed by atoms with E-state index in [1.807, 2.05) is 37.3 Å². The first-order valence-electron chi connectivity index (χ1n) is 7.80. The van der Waals surface area contributed by atoms with Crippen molar-refractivity contribution >= 4 is 17.7 Å². The molecule has 2 aliphatic rings. The topological polar surface area (TPSA) is 57.7 Å². The minimum Gasteiger partial charge on any atom is -0.338 e. The van der Waals surface area contributed by atoms with Crippen molar-refractivity contribution in [2.24, 2.45) is 0 Å². The molecule has 0 N–H and O–H groups in total. The third-order valence-corrected chi connectivity index (χ3v) is 4.54. The zero-order valence-corrected chi connectivity index (χ0v) is 12.7. The average Bonchev–Trinajstić information content (AvgIpc) is 2.80. The average molecular weight is 300 g/mol. The standard InChI is InChI=1S/C17H20N2O3/c1-2-14(12-6-4-3-5-7-12)17(22)18-10-13(11-18)19-15(20)8-9-16(19)21/h3-7,13-14H,2,8-11H2,1H3. The lowest BCUT2D eigenvalue weighted by atomic mass is 9.93. The van der Waals surface area contributed by atoms with Crippen LogP contribution in [-0.4, -0.2) is 46.7 Å². The molecule has 2 fully saturated rings. The molecule has 0 spiro atoms. The van der Waals surface area contributed by atoms with Crippen LogP contribution in [0.5, 0.6) is 0 Å². The molecule has 116 valence electrons. The van der Waals surface area contributed by atoms with Crippen LogP contribution in [0.15, 0.2) is 30.3 Å². The number of nitrogens with zero attached hydrogens (tertiary/aromatic N) is 2. The Bertz CT molecular complexity index is 577. The van der Waals surface area contributed by atoms with Crippen molar-refractivity contribution in [1.82, 2.24) is 9.80 Å². The van der Waals surface area contributed by atoms with Crippen LogP contribution in [0.2, 0.25) is 0 Å². The van der Waals surface area contributed by atoms with Crippen LogP contribution in [0.1, 0.15) is 37.7 Å². The molecule has 3 amide bonds. The predicted molar refractivity (Wildman–Crippen MR) is 80.9 cm³/mol. The van der Waals surface area contributed by atoms with Gasteiger partial charge in [0, 0.05) is 25.9 Å². The molecule has 2 aliphatic heterocycles. The Balaban J connectivity index is 1.63. The van der Waals surface area contributed by atoms with Gasteiger partial charge < -0.3 is 4.90 Å². The first-order valence-corrected chi connectivity index (χ1v) is 7.80. The fraction of sp³-hybridized carbons (Fsp3) is 0.471. The fourth-order valence-corrected chi connectivity index (χ4v) is 3.26. The van der Waals surface area contributed by atoms with Crippen LogP contribution in [0.25, 0.3) is 0 Å². The minimum absolute atomic E-state index is 0.0871. The molecule has 1 aromatic carbocycles. The summed E-state index contributed by atoms with van der Waals surface area (Å²) in [5.74, 6) is -0.259. The molecule has 5 nitrogen and oxygen atoms in total. The van der Waals surface area contributed by atoms with Gasteiger partial charge in [0.25, 0.3) is 0 Å². The van der Waals surface area contributed by atoms with Crippen LogP contribution in [-0.2, 0) is 14.4 Å². The fourth-order valence-electron chi connectivity index (χ4n) is 3.26. The highest BCUT2D eigenvalue weighted by Gasteiger charge is 2.43. The van der Waals surface area contributed by atoms with Crippen LogP contribution in [0.3, 0.4) is 0 Å². The Morgan fingerprint density at radius 3 is 2.27 bits per heavy atom. The third kappa shape index (κ3) is 2.51. The van der Waals surface area contributed by atoms with Gasteiger partial charge in [-0.3, -0.25) is 19.3 Å². The Labute approximate surface area is 129 Å². The molecular formula is C17H20N2O3. The molecule has 0 saturated carbocycles. The zero-order chi connectivity index (χ0) is 15.7. The SMILES string of the molecule is CCC(C(=O)N1CC(N2C(=O)CCC2=O)C1)c1ccccc1. The largest absolute Gasteiger partial charge is 0.338 e. The van der Waals surface area contributed by atoms with Crippen LogP contribution < -0.4 is 0 Å². The molecule has 1 unspecified atom stereocenters. The van der Waals surface area contributed by atoms with Gasteiger partial charge >= 0.3 is 0 Å². The van der Waals surface area contributed by atoms with Gasteiger partial charge in [0.05, 0.1) is 12.0 Å². The number of carbonyl (C=O) groups excluding carboxylic acids is 3. The molecule has 2 saturated heterocycles. The first-order chi connectivity index (χ1) is 10.6. The van der Waals surface area contributed by atoms with Crippen molar-refractivity contribution in [2.75, 3.05) is 13.1 Å². The molecule has 0 aromatic heterocycles. The van der Waals surface area contributed by atoms with E-state index in [4.69, 9.17) is 0 Å². The van der Waals surface area contributed by atoms with E-state index < -0.39 is 0 Å². The normalized spacial score (nSPS) is 20.2. The summed E-state index contributed by atoms with van der Waals surface area (Å²) >= 11 is 0. The van der Waals surface area contributed by atoms with Gasteiger partial charge in [0.2, 0.25) is 17.7 Å². The summed E-state index contributed by atoms with van der Waals surface area (Å²) in [6.07, 6.45) is 1.36. The summed E-state index contributed by atoms with van der Waals surface area (Å²) in [5, 5.41) is 0. The second-order valence-corrected chi connectivity index (χ2v) is 5.93. The predicted octanol–water partition coefficient (Wildman–Crippen LogP) is 1.54. The van der Waals surface area contributed by atoms with E-state index in [1.165, 1.54) is 4.90 Å². The summed E-state index contributed by atoms with van der Waals surface area (Å²) in [4.78, 5) is 39.1. The van der Waals surface area contributed by atoms with Crippen LogP contribution in [0, 0.1) is 0 Å². The summed E-state index contributed by atoms with van der Waals surface area (Å²) in [7, 11) is 0. The molecule has 1 atom stereocenters. The lowest BCUT2D eigenvalue weighted by Gasteiger charge is -2.44. The number of carbonyl (C=O) groups is 3. The number of benzene rings is 1. The summed E-state index contributed by atoms with van der Waals surface area (Å²) in [5.41, 5.74) is 1.02. The summed E-state index contributed by atoms with van der Waals surface area (Å²) < 4.78 is 0. The van der Waals surface area contributed by atoms with Crippen molar-refractivity contribution in [3.8, 4) is 0 Å². The first kappa shape index (κ1) is 14.8. The molecule has 2 heterocycles. The van der Waals surface area contributed by atoms with E-state index in [0.717, 1.165) is 12.0 Å². The van der Waals surface area contributed by atoms with Gasteiger partial charge in [-0.1, -0.05) is 37.3 Å². The highest BCUT2D eigenvalue weighted by molar-refractivity contribution is 6.02. The van der Waals surface area contributed by atoms with Crippen molar-refractivity contribution in [2.45, 2.75) is 38.1 Å². The maximum Gasteiger partial charge on any atom is 0.230 e. The molecule has 5 heteroatoms. The van der Waals surface area contributed by atoms with E-state index in [2.05, 4.69) is 0 Å². The van der Waals surface area contributed by atoms with Crippen molar-refractivity contribution in [3.05, 3.63) is 35.9 Å². The van der Waals surface area contributed by atoms with E-state index in [-0.39, 0.29) is 29.7 Å². The van der Waals surface area contributed by atoms with Crippen LogP contribution in [0.4, 0.5) is 0 Å². The third-order valence-electron chi connectivity index (χ3n) is 4.54. The number of imide groups is 1. The maximum atomic E-state index is 12.6. The van der Waals surface area contributed by atoms with Gasteiger partial charge in [-0.25, -0.2) is 0 Å². The summed E-state index contributed by atoms with van der Waals surface area (Å²) in [6, 6.07) is 9.62. The monoisotopic (exact) mass is 300 g/mol. The molecule has 0 aliphatic carbocycles. The lowest BCUT2D eigenvalue weighted by Crippen LogP contribution is -2.62. The van der Waals surface area contributed by atoms with Crippen molar-refractivity contribution in [1.29, 1.82) is 0 Å². The highest BCUT2D eigenvalue weighted by atomic mass is 16.2. The Kier molecular flexibility index (Phi) is 3.96. The molecule has 1 aromatic rings. The highest BCUT2D eigenvalue weighted by Crippen LogP contribution is 2.28. The second kappa shape index (κ2) is 5.91. The van der Waals surface area contributed by atoms with Gasteiger partial charge in [0.15, 0.2) is 0 Å². The summed E-state index contributed by atoms with van der Waals surface area (Å²) in [6.45, 7) is 2.94. The quantitative estimate of drug-likeness (QED) is 0.793.